The number of anilines is 1. The van der Waals surface area contributed by atoms with Gasteiger partial charge in [-0.2, -0.15) is 4.98 Å². The number of nitrogens with two attached hydrogens (primary N) is 1. The average molecular weight is 418 g/mol. The van der Waals surface area contributed by atoms with Crippen LogP contribution in [-0.4, -0.2) is 20.7 Å². The highest BCUT2D eigenvalue weighted by molar-refractivity contribution is 6.42. The molecule has 1 aliphatic heterocycles. The quantitative estimate of drug-likeness (QED) is 0.669. The van der Waals surface area contributed by atoms with E-state index in [0.717, 1.165) is 0 Å². The minimum atomic E-state index is -0.640. The third kappa shape index (κ3) is 3.12. The Bertz CT molecular complexity index is 1120. The molecule has 0 saturated carbocycles. The summed E-state index contributed by atoms with van der Waals surface area (Å²) in [5.41, 5.74) is 7.82. The number of nitrogens with one attached hydrogen (secondary N) is 1. The van der Waals surface area contributed by atoms with Gasteiger partial charge in [0, 0.05) is 11.3 Å². The summed E-state index contributed by atoms with van der Waals surface area (Å²) in [5, 5.41) is 8.40. The summed E-state index contributed by atoms with van der Waals surface area (Å²) < 4.78 is 15.0. The molecule has 1 aliphatic rings. The topological polar surface area (TPSA) is 85.8 Å². The third-order valence-electron chi connectivity index (χ3n) is 4.48. The molecular weight excluding hydrogens is 404 g/mol. The summed E-state index contributed by atoms with van der Waals surface area (Å²) in [6, 6.07) is 10.2. The maximum Gasteiger partial charge on any atom is 0.248 e. The SMILES string of the molecule is CC1=C(C(N)=O)C(c2ccc(F)cc2)n2nc(-c3ccc(Cl)c(Cl)c3)nc2N1. The number of allylic oxidation sites excluding steroid dienone is 1. The van der Waals surface area contributed by atoms with Gasteiger partial charge in [0.1, 0.15) is 11.9 Å². The van der Waals surface area contributed by atoms with Gasteiger partial charge in [-0.15, -0.1) is 5.10 Å². The molecule has 1 aromatic heterocycles. The zero-order valence-electron chi connectivity index (χ0n) is 14.6. The van der Waals surface area contributed by atoms with E-state index in [1.165, 1.54) is 12.1 Å². The summed E-state index contributed by atoms with van der Waals surface area (Å²) in [6.45, 7) is 1.73. The lowest BCUT2D eigenvalue weighted by atomic mass is 9.95. The van der Waals surface area contributed by atoms with Gasteiger partial charge in [0.2, 0.25) is 11.9 Å². The Morgan fingerprint density at radius 1 is 1.18 bits per heavy atom. The third-order valence-corrected chi connectivity index (χ3v) is 5.22. The number of hydrogen-bond acceptors (Lipinski definition) is 4. The highest BCUT2D eigenvalue weighted by Gasteiger charge is 2.33. The highest BCUT2D eigenvalue weighted by atomic mass is 35.5. The van der Waals surface area contributed by atoms with Gasteiger partial charge >= 0.3 is 0 Å². The van der Waals surface area contributed by atoms with E-state index in [-0.39, 0.29) is 5.82 Å². The van der Waals surface area contributed by atoms with Crippen molar-refractivity contribution in [3.8, 4) is 11.4 Å². The van der Waals surface area contributed by atoms with E-state index >= 15 is 0 Å². The summed E-state index contributed by atoms with van der Waals surface area (Å²) >= 11 is 12.1. The van der Waals surface area contributed by atoms with Crippen LogP contribution in [0.5, 0.6) is 0 Å². The van der Waals surface area contributed by atoms with Crippen LogP contribution in [0.3, 0.4) is 0 Å². The lowest BCUT2D eigenvalue weighted by molar-refractivity contribution is -0.115. The molecule has 6 nitrogen and oxygen atoms in total. The Morgan fingerprint density at radius 2 is 1.89 bits per heavy atom. The predicted octanol–water partition coefficient (Wildman–Crippen LogP) is 4.17. The van der Waals surface area contributed by atoms with Crippen molar-refractivity contribution in [2.24, 2.45) is 5.73 Å². The number of benzene rings is 2. The van der Waals surface area contributed by atoms with Crippen LogP contribution < -0.4 is 11.1 Å². The minimum Gasteiger partial charge on any atom is -0.366 e. The number of carbonyl (C=O) groups excluding carboxylic acids is 1. The molecule has 28 heavy (non-hydrogen) atoms. The number of primary amides is 1. The molecular formula is C19H14Cl2FN5O. The van der Waals surface area contributed by atoms with Gasteiger partial charge < -0.3 is 11.1 Å². The van der Waals surface area contributed by atoms with E-state index in [1.54, 1.807) is 41.9 Å². The van der Waals surface area contributed by atoms with E-state index in [0.29, 0.717) is 44.2 Å². The maximum absolute atomic E-state index is 13.4. The first kappa shape index (κ1) is 18.5. The lowest BCUT2D eigenvalue weighted by Gasteiger charge is -2.27. The lowest BCUT2D eigenvalue weighted by Crippen LogP contribution is -2.31. The minimum absolute atomic E-state index is 0.324. The molecule has 1 atom stereocenters. The standard InChI is InChI=1S/C19H14Cl2FN5O/c1-9-15(17(23)28)16(10-2-5-12(22)6-3-10)27-19(24-9)25-18(26-27)11-4-7-13(20)14(21)8-11/h2-8,16H,1H3,(H2,23,28)(H,24,25,26). The van der Waals surface area contributed by atoms with Crippen LogP contribution in [0.4, 0.5) is 10.3 Å². The largest absolute Gasteiger partial charge is 0.366 e. The number of nitrogens with zero attached hydrogens (tertiary/aromatic N) is 3. The van der Waals surface area contributed by atoms with Gasteiger partial charge in [-0.05, 0) is 42.8 Å². The van der Waals surface area contributed by atoms with Crippen LogP contribution in [0.1, 0.15) is 18.5 Å². The van der Waals surface area contributed by atoms with Crippen LogP contribution in [0.15, 0.2) is 53.7 Å². The van der Waals surface area contributed by atoms with Gasteiger partial charge in [-0.3, -0.25) is 4.79 Å². The molecule has 0 spiro atoms. The van der Waals surface area contributed by atoms with E-state index in [4.69, 9.17) is 28.9 Å². The molecule has 0 aliphatic carbocycles. The number of fused-ring (bicyclic) bond motifs is 1. The Kier molecular flexibility index (Phi) is 4.56. The smallest absolute Gasteiger partial charge is 0.248 e. The van der Waals surface area contributed by atoms with Crippen molar-refractivity contribution in [1.82, 2.24) is 14.8 Å². The van der Waals surface area contributed by atoms with Gasteiger partial charge in [-0.1, -0.05) is 35.3 Å². The monoisotopic (exact) mass is 417 g/mol. The molecule has 0 radical (unpaired) electrons. The van der Waals surface area contributed by atoms with Crippen molar-refractivity contribution < 1.29 is 9.18 Å². The Hall–Kier alpha value is -2.90. The number of aromatic nitrogens is 3. The number of amides is 1. The van der Waals surface area contributed by atoms with E-state index in [9.17, 15) is 9.18 Å². The summed E-state index contributed by atoms with van der Waals surface area (Å²) in [6.07, 6.45) is 0. The van der Waals surface area contributed by atoms with Crippen LogP contribution >= 0.6 is 23.2 Å². The fourth-order valence-electron chi connectivity index (χ4n) is 3.18. The first-order valence-electron chi connectivity index (χ1n) is 8.30. The van der Waals surface area contributed by atoms with Crippen LogP contribution in [-0.2, 0) is 4.79 Å². The van der Waals surface area contributed by atoms with Crippen molar-refractivity contribution in [3.05, 3.63) is 75.2 Å². The second-order valence-corrected chi connectivity index (χ2v) is 7.13. The molecule has 4 rings (SSSR count). The fourth-order valence-corrected chi connectivity index (χ4v) is 3.48. The van der Waals surface area contributed by atoms with Crippen LogP contribution in [0.2, 0.25) is 10.0 Å². The number of halogens is 3. The van der Waals surface area contributed by atoms with Gasteiger partial charge in [0.05, 0.1) is 15.6 Å². The molecule has 0 saturated heterocycles. The molecule has 0 fully saturated rings. The maximum atomic E-state index is 13.4. The van der Waals surface area contributed by atoms with Gasteiger partial charge in [-0.25, -0.2) is 9.07 Å². The molecule has 1 amide bonds. The van der Waals surface area contributed by atoms with Crippen molar-refractivity contribution in [2.75, 3.05) is 5.32 Å². The molecule has 2 aromatic carbocycles. The van der Waals surface area contributed by atoms with Crippen LogP contribution in [0, 0.1) is 5.82 Å². The van der Waals surface area contributed by atoms with Crippen molar-refractivity contribution in [3.63, 3.8) is 0 Å². The zero-order chi connectivity index (χ0) is 20.0. The Morgan fingerprint density at radius 3 is 2.54 bits per heavy atom. The molecule has 0 bridgehead atoms. The Balaban J connectivity index is 1.87. The first-order chi connectivity index (χ1) is 13.3. The van der Waals surface area contributed by atoms with E-state index < -0.39 is 11.9 Å². The number of rotatable bonds is 3. The van der Waals surface area contributed by atoms with Gasteiger partial charge in [0.25, 0.3) is 0 Å². The predicted molar refractivity (Wildman–Crippen MR) is 106 cm³/mol. The van der Waals surface area contributed by atoms with E-state index in [2.05, 4.69) is 15.4 Å². The normalized spacial score (nSPS) is 15.9. The average Bonchev–Trinajstić information content (AvgIpc) is 3.07. The molecule has 3 aromatic rings. The number of carbonyl (C=O) groups is 1. The molecule has 142 valence electrons. The molecule has 9 heteroatoms. The molecule has 3 N–H and O–H groups in total. The molecule has 1 unspecified atom stereocenters. The summed E-state index contributed by atoms with van der Waals surface area (Å²) in [4.78, 5) is 16.6. The van der Waals surface area contributed by atoms with Crippen molar-refractivity contribution in [2.45, 2.75) is 13.0 Å². The Labute approximate surface area is 169 Å². The second-order valence-electron chi connectivity index (χ2n) is 6.31. The zero-order valence-corrected chi connectivity index (χ0v) is 16.1. The van der Waals surface area contributed by atoms with E-state index in [1.807, 2.05) is 0 Å². The first-order valence-corrected chi connectivity index (χ1v) is 9.06. The summed E-state index contributed by atoms with van der Waals surface area (Å²) in [7, 11) is 0. The van der Waals surface area contributed by atoms with Crippen molar-refractivity contribution >= 4 is 35.1 Å². The van der Waals surface area contributed by atoms with Crippen LogP contribution in [0.25, 0.3) is 11.4 Å². The second kappa shape index (κ2) is 6.92. The number of hydrogen-bond donors (Lipinski definition) is 2. The van der Waals surface area contributed by atoms with Gasteiger partial charge in [0.15, 0.2) is 5.82 Å². The van der Waals surface area contributed by atoms with Crippen molar-refractivity contribution in [1.29, 1.82) is 0 Å². The fraction of sp³-hybridized carbons (Fsp3) is 0.105. The molecule has 2 heterocycles. The summed E-state index contributed by atoms with van der Waals surface area (Å²) in [5.74, 6) is -0.157. The highest BCUT2D eigenvalue weighted by Crippen LogP contribution is 2.36.